The van der Waals surface area contributed by atoms with E-state index in [2.05, 4.69) is 54.4 Å². The number of hydrogen-bond acceptors (Lipinski definition) is 0. The van der Waals surface area contributed by atoms with Gasteiger partial charge in [-0.15, -0.1) is 0 Å². The maximum Gasteiger partial charge on any atom is 0.0592 e. The molecule has 0 aliphatic rings. The molecule has 1 nitrogen and oxygen atoms in total. The molecule has 1 aromatic heterocycles. The lowest BCUT2D eigenvalue weighted by Crippen LogP contribution is -1.80. The fourth-order valence-electron chi connectivity index (χ4n) is 2.67. The topological polar surface area (TPSA) is 15.8 Å². The summed E-state index contributed by atoms with van der Waals surface area (Å²) in [7, 11) is 0. The fourth-order valence-corrected chi connectivity index (χ4v) is 2.94. The van der Waals surface area contributed by atoms with Crippen molar-refractivity contribution in [2.45, 2.75) is 13.3 Å². The van der Waals surface area contributed by atoms with Gasteiger partial charge in [0.2, 0.25) is 0 Å². The number of nitrogens with one attached hydrogen (secondary N) is 1. The summed E-state index contributed by atoms with van der Waals surface area (Å²) in [4.78, 5) is 3.50. The van der Waals surface area contributed by atoms with Crippen LogP contribution in [0.1, 0.15) is 12.5 Å². The van der Waals surface area contributed by atoms with Gasteiger partial charge in [0.25, 0.3) is 0 Å². The standard InChI is InChI=1S/C14H13N.C6H4Cl2/c1-2-10-6-5-8-12-11-7-3-4-9-13(11)15-14(10)12;7-5-3-1-2-4-6(5)8/h3-9,15H,2H2,1H3;1-4H. The molecule has 0 radical (unpaired) electrons. The summed E-state index contributed by atoms with van der Waals surface area (Å²) in [6, 6.07) is 22.2. The molecule has 0 bridgehead atoms. The van der Waals surface area contributed by atoms with E-state index in [1.54, 1.807) is 12.1 Å². The number of benzene rings is 3. The zero-order chi connectivity index (χ0) is 16.2. The summed E-state index contributed by atoms with van der Waals surface area (Å²) < 4.78 is 0. The van der Waals surface area contributed by atoms with Crippen molar-refractivity contribution < 1.29 is 0 Å². The molecule has 4 aromatic rings. The second kappa shape index (κ2) is 7.08. The van der Waals surface area contributed by atoms with E-state index < -0.39 is 0 Å². The van der Waals surface area contributed by atoms with E-state index in [9.17, 15) is 0 Å². The monoisotopic (exact) mass is 341 g/mol. The lowest BCUT2D eigenvalue weighted by Gasteiger charge is -1.97. The van der Waals surface area contributed by atoms with Crippen LogP contribution in [0, 0.1) is 0 Å². The molecule has 23 heavy (non-hydrogen) atoms. The molecule has 1 N–H and O–H groups in total. The first-order chi connectivity index (χ1) is 11.2. The number of halogens is 2. The Morgan fingerprint density at radius 2 is 1.35 bits per heavy atom. The Bertz CT molecular complexity index is 920. The third-order valence-electron chi connectivity index (χ3n) is 3.83. The molecule has 0 saturated carbocycles. The average molecular weight is 342 g/mol. The molecular weight excluding hydrogens is 325 g/mol. The zero-order valence-electron chi connectivity index (χ0n) is 12.8. The number of aryl methyl sites for hydroxylation is 1. The smallest absolute Gasteiger partial charge is 0.0592 e. The summed E-state index contributed by atoms with van der Waals surface area (Å²) in [5.41, 5.74) is 3.92. The van der Waals surface area contributed by atoms with E-state index in [0.717, 1.165) is 6.42 Å². The van der Waals surface area contributed by atoms with Crippen LogP contribution >= 0.6 is 23.2 Å². The predicted octanol–water partition coefficient (Wildman–Crippen LogP) is 6.88. The minimum atomic E-state index is 0.606. The highest BCUT2D eigenvalue weighted by Crippen LogP contribution is 2.27. The first-order valence-electron chi connectivity index (χ1n) is 7.59. The van der Waals surface area contributed by atoms with Gasteiger partial charge in [-0.1, -0.05) is 78.7 Å². The van der Waals surface area contributed by atoms with Crippen LogP contribution in [0.25, 0.3) is 21.8 Å². The van der Waals surface area contributed by atoms with E-state index in [1.165, 1.54) is 27.4 Å². The van der Waals surface area contributed by atoms with Crippen LogP contribution in [0.15, 0.2) is 66.7 Å². The van der Waals surface area contributed by atoms with Gasteiger partial charge in [-0.2, -0.15) is 0 Å². The number of rotatable bonds is 1. The maximum absolute atomic E-state index is 5.58. The largest absolute Gasteiger partial charge is 0.354 e. The van der Waals surface area contributed by atoms with Gasteiger partial charge < -0.3 is 4.98 Å². The summed E-state index contributed by atoms with van der Waals surface area (Å²) >= 11 is 11.2. The molecule has 0 unspecified atom stereocenters. The van der Waals surface area contributed by atoms with Crippen LogP contribution in [-0.4, -0.2) is 4.98 Å². The van der Waals surface area contributed by atoms with Crippen molar-refractivity contribution in [3.63, 3.8) is 0 Å². The minimum Gasteiger partial charge on any atom is -0.354 e. The van der Waals surface area contributed by atoms with E-state index in [1.807, 2.05) is 12.1 Å². The minimum absolute atomic E-state index is 0.606. The van der Waals surface area contributed by atoms with Crippen LogP contribution in [0.3, 0.4) is 0 Å². The molecule has 0 atom stereocenters. The van der Waals surface area contributed by atoms with Gasteiger partial charge in [0.1, 0.15) is 0 Å². The number of aromatic amines is 1. The van der Waals surface area contributed by atoms with Crippen LogP contribution < -0.4 is 0 Å². The Hall–Kier alpha value is -1.96. The van der Waals surface area contributed by atoms with Crippen LogP contribution in [-0.2, 0) is 6.42 Å². The number of aromatic nitrogens is 1. The summed E-state index contributed by atoms with van der Waals surface area (Å²) in [6.45, 7) is 2.19. The van der Waals surface area contributed by atoms with Crippen molar-refractivity contribution >= 4 is 45.0 Å². The Morgan fingerprint density at radius 3 is 2.00 bits per heavy atom. The van der Waals surface area contributed by atoms with Gasteiger partial charge in [-0.05, 0) is 30.2 Å². The lowest BCUT2D eigenvalue weighted by molar-refractivity contribution is 1.15. The van der Waals surface area contributed by atoms with E-state index >= 15 is 0 Å². The van der Waals surface area contributed by atoms with Gasteiger partial charge in [0, 0.05) is 21.8 Å². The molecule has 3 aromatic carbocycles. The van der Waals surface area contributed by atoms with Gasteiger partial charge in [-0.25, -0.2) is 0 Å². The zero-order valence-corrected chi connectivity index (χ0v) is 14.3. The molecular formula is C20H17Cl2N. The molecule has 116 valence electrons. The van der Waals surface area contributed by atoms with Crippen LogP contribution in [0.4, 0.5) is 0 Å². The van der Waals surface area contributed by atoms with Crippen molar-refractivity contribution in [3.8, 4) is 0 Å². The van der Waals surface area contributed by atoms with Crippen LogP contribution in [0.5, 0.6) is 0 Å². The highest BCUT2D eigenvalue weighted by Gasteiger charge is 2.05. The summed E-state index contributed by atoms with van der Waals surface area (Å²) in [5, 5.41) is 3.87. The first kappa shape index (κ1) is 15.9. The molecule has 4 rings (SSSR count). The second-order valence-corrected chi connectivity index (χ2v) is 6.09. The number of hydrogen-bond donors (Lipinski definition) is 1. The third-order valence-corrected chi connectivity index (χ3v) is 4.59. The van der Waals surface area contributed by atoms with Gasteiger partial charge >= 0.3 is 0 Å². The average Bonchev–Trinajstić information content (AvgIpc) is 2.97. The Labute approximate surface area is 145 Å². The van der Waals surface area contributed by atoms with Crippen molar-refractivity contribution in [3.05, 3.63) is 82.3 Å². The molecule has 3 heteroatoms. The number of para-hydroxylation sites is 2. The van der Waals surface area contributed by atoms with Crippen LogP contribution in [0.2, 0.25) is 10.0 Å². The number of H-pyrrole nitrogens is 1. The van der Waals surface area contributed by atoms with E-state index in [-0.39, 0.29) is 0 Å². The Morgan fingerprint density at radius 1 is 0.739 bits per heavy atom. The van der Waals surface area contributed by atoms with Crippen molar-refractivity contribution in [1.29, 1.82) is 0 Å². The predicted molar refractivity (Wildman–Crippen MR) is 102 cm³/mol. The normalized spacial score (nSPS) is 10.6. The third kappa shape index (κ3) is 3.36. The molecule has 0 saturated heterocycles. The fraction of sp³-hybridized carbons (Fsp3) is 0.100. The van der Waals surface area contributed by atoms with E-state index in [4.69, 9.17) is 23.2 Å². The second-order valence-electron chi connectivity index (χ2n) is 5.28. The molecule has 0 amide bonds. The number of fused-ring (bicyclic) bond motifs is 3. The molecule has 0 aliphatic heterocycles. The maximum atomic E-state index is 5.58. The van der Waals surface area contributed by atoms with Crippen molar-refractivity contribution in [2.75, 3.05) is 0 Å². The van der Waals surface area contributed by atoms with Gasteiger partial charge in [-0.3, -0.25) is 0 Å². The van der Waals surface area contributed by atoms with Crippen molar-refractivity contribution in [1.82, 2.24) is 4.98 Å². The lowest BCUT2D eigenvalue weighted by atomic mass is 10.1. The molecule has 1 heterocycles. The van der Waals surface area contributed by atoms with E-state index in [0.29, 0.717) is 10.0 Å². The SMILES string of the molecule is CCc1cccc2c1[nH]c1ccccc12.Clc1ccccc1Cl. The molecule has 0 aliphatic carbocycles. The highest BCUT2D eigenvalue weighted by molar-refractivity contribution is 6.41. The Balaban J connectivity index is 0.000000166. The Kier molecular flexibility index (Phi) is 4.90. The quantitative estimate of drug-likeness (QED) is 0.388. The van der Waals surface area contributed by atoms with Gasteiger partial charge in [0.05, 0.1) is 10.0 Å². The molecule has 0 spiro atoms. The highest BCUT2D eigenvalue weighted by atomic mass is 35.5. The summed E-state index contributed by atoms with van der Waals surface area (Å²) in [5.74, 6) is 0. The first-order valence-corrected chi connectivity index (χ1v) is 8.34. The van der Waals surface area contributed by atoms with Gasteiger partial charge in [0.15, 0.2) is 0 Å². The summed E-state index contributed by atoms with van der Waals surface area (Å²) in [6.07, 6.45) is 1.07. The van der Waals surface area contributed by atoms with Crippen molar-refractivity contribution in [2.24, 2.45) is 0 Å². The molecule has 0 fully saturated rings.